The molecule has 2 aromatic carbocycles. The van der Waals surface area contributed by atoms with E-state index >= 15 is 0 Å². The van der Waals surface area contributed by atoms with Gasteiger partial charge in [0, 0.05) is 47.6 Å². The number of hydrogen-bond donors (Lipinski definition) is 2. The number of halogens is 1. The Hall–Kier alpha value is -2.61. The summed E-state index contributed by atoms with van der Waals surface area (Å²) in [6.45, 7) is 1.33. The van der Waals surface area contributed by atoms with Gasteiger partial charge in [0.05, 0.1) is 11.2 Å². The molecule has 0 aliphatic rings. The first-order valence-electron chi connectivity index (χ1n) is 10.8. The summed E-state index contributed by atoms with van der Waals surface area (Å²) in [4.78, 5) is 7.57. The number of nitrogens with one attached hydrogen (secondary N) is 2. The van der Waals surface area contributed by atoms with Crippen LogP contribution in [0.1, 0.15) is 30.4 Å². The molecule has 6 nitrogen and oxygen atoms in total. The molecule has 0 bridgehead atoms. The summed E-state index contributed by atoms with van der Waals surface area (Å²) in [5.74, 6) is 0. The van der Waals surface area contributed by atoms with Crippen molar-refractivity contribution in [2.45, 2.75) is 43.5 Å². The van der Waals surface area contributed by atoms with Crippen LogP contribution in [0.3, 0.4) is 0 Å². The maximum atomic E-state index is 12.6. The number of sulfonamides is 1. The molecule has 0 aliphatic heterocycles. The lowest BCUT2D eigenvalue weighted by Gasteiger charge is -2.08. The van der Waals surface area contributed by atoms with Crippen LogP contribution in [0.4, 0.5) is 0 Å². The minimum atomic E-state index is -3.51. The summed E-state index contributed by atoms with van der Waals surface area (Å²) >= 11 is 6.10. The molecule has 0 fully saturated rings. The monoisotopic (exact) mass is 470 g/mol. The van der Waals surface area contributed by atoms with Crippen molar-refractivity contribution in [1.82, 2.24) is 19.3 Å². The van der Waals surface area contributed by atoms with E-state index in [2.05, 4.69) is 19.3 Å². The number of aryl methyl sites for hydroxylation is 3. The number of unbranched alkanes of at least 4 members (excludes halogenated alkanes) is 1. The van der Waals surface area contributed by atoms with E-state index in [1.54, 1.807) is 18.3 Å². The molecule has 0 unspecified atom stereocenters. The van der Waals surface area contributed by atoms with Crippen LogP contribution in [-0.2, 0) is 29.4 Å². The highest BCUT2D eigenvalue weighted by Gasteiger charge is 2.13. The molecule has 0 spiro atoms. The van der Waals surface area contributed by atoms with Crippen molar-refractivity contribution < 1.29 is 8.42 Å². The maximum absolute atomic E-state index is 12.6. The number of hydrogen-bond acceptors (Lipinski definition) is 3. The molecule has 0 amide bonds. The van der Waals surface area contributed by atoms with E-state index in [0.29, 0.717) is 22.9 Å². The molecule has 168 valence electrons. The topological polar surface area (TPSA) is 79.8 Å². The van der Waals surface area contributed by atoms with Crippen LogP contribution in [0.25, 0.3) is 10.9 Å². The lowest BCUT2D eigenvalue weighted by Crippen LogP contribution is -2.25. The van der Waals surface area contributed by atoms with Gasteiger partial charge < -0.3 is 9.55 Å². The highest BCUT2D eigenvalue weighted by Crippen LogP contribution is 2.23. The summed E-state index contributed by atoms with van der Waals surface area (Å²) in [7, 11) is -3.51. The first-order chi connectivity index (χ1) is 15.5. The van der Waals surface area contributed by atoms with Crippen LogP contribution >= 0.6 is 11.6 Å². The summed E-state index contributed by atoms with van der Waals surface area (Å²) in [6, 6.07) is 12.9. The van der Waals surface area contributed by atoms with Crippen molar-refractivity contribution in [1.29, 1.82) is 0 Å². The van der Waals surface area contributed by atoms with Crippen molar-refractivity contribution in [2.24, 2.45) is 0 Å². The molecule has 2 N–H and O–H groups in total. The smallest absolute Gasteiger partial charge is 0.240 e. The minimum Gasteiger partial charge on any atom is -0.361 e. The van der Waals surface area contributed by atoms with E-state index in [1.807, 2.05) is 49.1 Å². The van der Waals surface area contributed by atoms with Crippen molar-refractivity contribution in [3.8, 4) is 0 Å². The van der Waals surface area contributed by atoms with Gasteiger partial charge in [0.15, 0.2) is 0 Å². The Labute approximate surface area is 193 Å². The Morgan fingerprint density at radius 1 is 1.03 bits per heavy atom. The summed E-state index contributed by atoms with van der Waals surface area (Å²) < 4.78 is 30.0. The Morgan fingerprint density at radius 3 is 2.66 bits per heavy atom. The summed E-state index contributed by atoms with van der Waals surface area (Å²) in [5, 5.41) is 1.78. The SMILES string of the molecule is O=S(=O)(NCCCc1c[nH]c2ccc(Cl)cc12)c1ccc(CCCCn2ccnc2)cc1. The minimum absolute atomic E-state index is 0.304. The predicted molar refractivity (Wildman–Crippen MR) is 128 cm³/mol. The van der Waals surface area contributed by atoms with Crippen LogP contribution in [0.2, 0.25) is 5.02 Å². The van der Waals surface area contributed by atoms with Gasteiger partial charge in [-0.15, -0.1) is 0 Å². The molecule has 0 aliphatic carbocycles. The predicted octanol–water partition coefficient (Wildman–Crippen LogP) is 4.95. The fourth-order valence-corrected chi connectivity index (χ4v) is 5.05. The Balaban J connectivity index is 1.23. The van der Waals surface area contributed by atoms with E-state index in [9.17, 15) is 8.42 Å². The van der Waals surface area contributed by atoms with Gasteiger partial charge in [0.25, 0.3) is 0 Å². The third kappa shape index (κ3) is 5.79. The molecule has 4 rings (SSSR count). The number of imidazole rings is 1. The first-order valence-corrected chi connectivity index (χ1v) is 12.7. The third-order valence-electron chi connectivity index (χ3n) is 5.57. The number of nitrogens with zero attached hydrogens (tertiary/aromatic N) is 2. The Kier molecular flexibility index (Phi) is 7.29. The standard InChI is InChI=1S/C24H27ClN4O2S/c25-21-8-11-24-23(16-21)20(17-27-24)5-3-12-28-32(30,31)22-9-6-19(7-10-22)4-1-2-14-29-15-13-26-18-29/h6-11,13,15-18,27-28H,1-5,12,14H2. The quantitative estimate of drug-likeness (QED) is 0.304. The lowest BCUT2D eigenvalue weighted by molar-refractivity contribution is 0.579. The first kappa shape index (κ1) is 22.6. The van der Waals surface area contributed by atoms with E-state index in [0.717, 1.165) is 54.3 Å². The second-order valence-corrected chi connectivity index (χ2v) is 10.1. The normalized spacial score (nSPS) is 11.9. The Morgan fingerprint density at radius 2 is 1.88 bits per heavy atom. The van der Waals surface area contributed by atoms with E-state index < -0.39 is 10.0 Å². The zero-order chi connectivity index (χ0) is 22.4. The molecule has 2 aromatic heterocycles. The van der Waals surface area contributed by atoms with Crippen LogP contribution in [0.5, 0.6) is 0 Å². The molecular weight excluding hydrogens is 444 g/mol. The average molecular weight is 471 g/mol. The zero-order valence-corrected chi connectivity index (χ0v) is 19.4. The molecule has 4 aromatic rings. The van der Waals surface area contributed by atoms with Crippen LogP contribution in [0.15, 0.2) is 72.3 Å². The molecule has 0 saturated carbocycles. The van der Waals surface area contributed by atoms with Gasteiger partial charge in [-0.3, -0.25) is 0 Å². The van der Waals surface area contributed by atoms with Gasteiger partial charge in [-0.2, -0.15) is 0 Å². The van der Waals surface area contributed by atoms with Crippen molar-refractivity contribution in [3.63, 3.8) is 0 Å². The average Bonchev–Trinajstić information content (AvgIpc) is 3.44. The molecule has 8 heteroatoms. The number of aromatic nitrogens is 3. The number of H-pyrrole nitrogens is 1. The third-order valence-corrected chi connectivity index (χ3v) is 7.28. The van der Waals surface area contributed by atoms with Crippen LogP contribution in [-0.4, -0.2) is 29.5 Å². The maximum Gasteiger partial charge on any atom is 0.240 e. The van der Waals surface area contributed by atoms with E-state index in [-0.39, 0.29) is 0 Å². The van der Waals surface area contributed by atoms with E-state index in [4.69, 9.17) is 11.6 Å². The molecule has 0 saturated heterocycles. The number of benzene rings is 2. The van der Waals surface area contributed by atoms with Crippen LogP contribution in [0, 0.1) is 0 Å². The van der Waals surface area contributed by atoms with Gasteiger partial charge in [-0.25, -0.2) is 18.1 Å². The van der Waals surface area contributed by atoms with Gasteiger partial charge in [0.1, 0.15) is 0 Å². The molecule has 32 heavy (non-hydrogen) atoms. The van der Waals surface area contributed by atoms with Crippen molar-refractivity contribution in [3.05, 3.63) is 83.5 Å². The van der Waals surface area contributed by atoms with Crippen molar-refractivity contribution in [2.75, 3.05) is 6.54 Å². The van der Waals surface area contributed by atoms with Gasteiger partial charge in [-0.1, -0.05) is 23.7 Å². The largest absolute Gasteiger partial charge is 0.361 e. The van der Waals surface area contributed by atoms with Crippen LogP contribution < -0.4 is 4.72 Å². The van der Waals surface area contributed by atoms with Gasteiger partial charge in [0.2, 0.25) is 10.0 Å². The molecule has 0 radical (unpaired) electrons. The highest BCUT2D eigenvalue weighted by molar-refractivity contribution is 7.89. The van der Waals surface area contributed by atoms with E-state index in [1.165, 1.54) is 0 Å². The highest BCUT2D eigenvalue weighted by atomic mass is 35.5. The molecule has 0 atom stereocenters. The zero-order valence-electron chi connectivity index (χ0n) is 17.8. The second kappa shape index (κ2) is 10.3. The second-order valence-electron chi connectivity index (χ2n) is 7.91. The van der Waals surface area contributed by atoms with Gasteiger partial charge in [-0.05, 0) is 73.6 Å². The Bertz CT molecular complexity index is 1250. The van der Waals surface area contributed by atoms with Gasteiger partial charge >= 0.3 is 0 Å². The number of rotatable bonds is 11. The van der Waals surface area contributed by atoms with Crippen molar-refractivity contribution >= 4 is 32.5 Å². The summed E-state index contributed by atoms with van der Waals surface area (Å²) in [6.07, 6.45) is 12.0. The fraction of sp³-hybridized carbons (Fsp3) is 0.292. The fourth-order valence-electron chi connectivity index (χ4n) is 3.80. The summed E-state index contributed by atoms with van der Waals surface area (Å²) in [5.41, 5.74) is 3.32. The molecular formula is C24H27ClN4O2S. The lowest BCUT2D eigenvalue weighted by atomic mass is 10.1. The number of fused-ring (bicyclic) bond motifs is 1. The molecule has 2 heterocycles. The number of aromatic amines is 1.